The second-order valence-corrected chi connectivity index (χ2v) is 5.71. The van der Waals surface area contributed by atoms with E-state index in [1.54, 1.807) is 6.07 Å². The number of imidazole rings is 1. The third kappa shape index (κ3) is 1.76. The van der Waals surface area contributed by atoms with E-state index in [0.717, 1.165) is 5.52 Å². The number of aromatic nitrogens is 2. The van der Waals surface area contributed by atoms with Crippen LogP contribution >= 0.6 is 0 Å². The highest BCUT2D eigenvalue weighted by molar-refractivity contribution is 5.80. The van der Waals surface area contributed by atoms with Crippen molar-refractivity contribution >= 4 is 17.0 Å². The summed E-state index contributed by atoms with van der Waals surface area (Å²) in [6.45, 7) is 4.30. The Morgan fingerprint density at radius 2 is 2.11 bits per heavy atom. The quantitative estimate of drug-likeness (QED) is 0.926. The molecule has 0 bridgehead atoms. The van der Waals surface area contributed by atoms with E-state index in [4.69, 9.17) is 10.5 Å². The molecule has 0 unspecified atom stereocenters. The molecule has 0 spiro atoms. The van der Waals surface area contributed by atoms with Gasteiger partial charge in [-0.2, -0.15) is 0 Å². The maximum atomic E-state index is 13.7. The zero-order chi connectivity index (χ0) is 13.8. The molecule has 1 aromatic carbocycles. The SMILES string of the molecule is COc1cc2c(cc1F)nc(N)n2C(C)(C)C1CC1. The van der Waals surface area contributed by atoms with Crippen LogP contribution in [0.1, 0.15) is 26.7 Å². The Labute approximate surface area is 111 Å². The molecule has 19 heavy (non-hydrogen) atoms. The second-order valence-electron chi connectivity index (χ2n) is 5.71. The summed E-state index contributed by atoms with van der Waals surface area (Å²) in [5.74, 6) is 0.840. The number of nitrogen functional groups attached to an aromatic ring is 1. The van der Waals surface area contributed by atoms with Crippen molar-refractivity contribution in [3.63, 3.8) is 0 Å². The third-order valence-corrected chi connectivity index (χ3v) is 4.11. The highest BCUT2D eigenvalue weighted by Gasteiger charge is 2.41. The number of anilines is 1. The van der Waals surface area contributed by atoms with E-state index >= 15 is 0 Å². The van der Waals surface area contributed by atoms with Gasteiger partial charge in [-0.15, -0.1) is 0 Å². The first-order valence-electron chi connectivity index (χ1n) is 6.47. The third-order valence-electron chi connectivity index (χ3n) is 4.11. The van der Waals surface area contributed by atoms with Gasteiger partial charge < -0.3 is 15.0 Å². The van der Waals surface area contributed by atoms with Crippen LogP contribution in [0.15, 0.2) is 12.1 Å². The fourth-order valence-electron chi connectivity index (χ4n) is 2.83. The average Bonchev–Trinajstić information content (AvgIpc) is 3.12. The number of hydrogen-bond acceptors (Lipinski definition) is 3. The Morgan fingerprint density at radius 1 is 1.42 bits per heavy atom. The number of benzene rings is 1. The molecule has 1 saturated carbocycles. The summed E-state index contributed by atoms with van der Waals surface area (Å²) in [6.07, 6.45) is 2.40. The van der Waals surface area contributed by atoms with Gasteiger partial charge in [0.2, 0.25) is 5.95 Å². The zero-order valence-electron chi connectivity index (χ0n) is 11.4. The van der Waals surface area contributed by atoms with E-state index in [1.165, 1.54) is 26.0 Å². The molecule has 0 aliphatic heterocycles. The van der Waals surface area contributed by atoms with Crippen molar-refractivity contribution < 1.29 is 9.13 Å². The van der Waals surface area contributed by atoms with E-state index in [-0.39, 0.29) is 11.3 Å². The minimum absolute atomic E-state index is 0.109. The van der Waals surface area contributed by atoms with Crippen LogP contribution < -0.4 is 10.5 Å². The van der Waals surface area contributed by atoms with E-state index in [9.17, 15) is 4.39 Å². The first-order valence-corrected chi connectivity index (χ1v) is 6.47. The number of hydrogen-bond donors (Lipinski definition) is 1. The van der Waals surface area contributed by atoms with Gasteiger partial charge in [0.15, 0.2) is 11.6 Å². The van der Waals surface area contributed by atoms with Gasteiger partial charge in [0.05, 0.1) is 18.1 Å². The molecule has 3 rings (SSSR count). The number of fused-ring (bicyclic) bond motifs is 1. The number of nitrogens with zero attached hydrogens (tertiary/aromatic N) is 2. The van der Waals surface area contributed by atoms with E-state index in [2.05, 4.69) is 18.8 Å². The van der Waals surface area contributed by atoms with Crippen molar-refractivity contribution in [1.29, 1.82) is 0 Å². The van der Waals surface area contributed by atoms with Crippen LogP contribution in [0.25, 0.3) is 11.0 Å². The van der Waals surface area contributed by atoms with Crippen LogP contribution in [0, 0.1) is 11.7 Å². The maximum Gasteiger partial charge on any atom is 0.201 e. The van der Waals surface area contributed by atoms with Crippen LogP contribution in [-0.2, 0) is 5.54 Å². The highest BCUT2D eigenvalue weighted by atomic mass is 19.1. The van der Waals surface area contributed by atoms with Crippen molar-refractivity contribution in [3.8, 4) is 5.75 Å². The topological polar surface area (TPSA) is 53.1 Å². The van der Waals surface area contributed by atoms with Gasteiger partial charge in [-0.25, -0.2) is 9.37 Å². The number of rotatable bonds is 3. The van der Waals surface area contributed by atoms with Crippen LogP contribution in [0.2, 0.25) is 0 Å². The summed E-state index contributed by atoms with van der Waals surface area (Å²) in [5.41, 5.74) is 7.33. The maximum absolute atomic E-state index is 13.7. The molecule has 1 heterocycles. The molecule has 1 aliphatic rings. The lowest BCUT2D eigenvalue weighted by Crippen LogP contribution is -2.29. The first-order chi connectivity index (χ1) is 8.95. The summed E-state index contributed by atoms with van der Waals surface area (Å²) in [5, 5.41) is 0. The Hall–Kier alpha value is -1.78. The van der Waals surface area contributed by atoms with Gasteiger partial charge in [-0.05, 0) is 32.6 Å². The van der Waals surface area contributed by atoms with Crippen molar-refractivity contribution in [3.05, 3.63) is 17.9 Å². The average molecular weight is 263 g/mol. The van der Waals surface area contributed by atoms with Crippen LogP contribution in [0.5, 0.6) is 5.75 Å². The van der Waals surface area contributed by atoms with Gasteiger partial charge in [0, 0.05) is 17.7 Å². The predicted molar refractivity (Wildman–Crippen MR) is 72.7 cm³/mol. The second kappa shape index (κ2) is 3.85. The highest BCUT2D eigenvalue weighted by Crippen LogP contribution is 2.46. The summed E-state index contributed by atoms with van der Waals surface area (Å²) in [6, 6.07) is 3.06. The number of methoxy groups -OCH3 is 1. The molecule has 4 nitrogen and oxygen atoms in total. The molecule has 0 saturated heterocycles. The Morgan fingerprint density at radius 3 is 2.68 bits per heavy atom. The molecule has 5 heteroatoms. The molecule has 0 atom stereocenters. The molecule has 0 amide bonds. The van der Waals surface area contributed by atoms with E-state index < -0.39 is 5.82 Å². The van der Waals surface area contributed by atoms with Gasteiger partial charge in [-0.1, -0.05) is 0 Å². The zero-order valence-corrected chi connectivity index (χ0v) is 11.4. The van der Waals surface area contributed by atoms with E-state index in [0.29, 0.717) is 17.4 Å². The van der Waals surface area contributed by atoms with Gasteiger partial charge in [0.25, 0.3) is 0 Å². The lowest BCUT2D eigenvalue weighted by Gasteiger charge is -2.28. The molecule has 2 aromatic rings. The summed E-state index contributed by atoms with van der Waals surface area (Å²) in [4.78, 5) is 4.27. The van der Waals surface area contributed by atoms with Crippen molar-refractivity contribution in [2.75, 3.05) is 12.8 Å². The Kier molecular flexibility index (Phi) is 2.49. The lowest BCUT2D eigenvalue weighted by atomic mass is 9.98. The summed E-state index contributed by atoms with van der Waals surface area (Å²) < 4.78 is 20.8. The van der Waals surface area contributed by atoms with Crippen LogP contribution in [0.4, 0.5) is 10.3 Å². The smallest absolute Gasteiger partial charge is 0.201 e. The lowest BCUT2D eigenvalue weighted by molar-refractivity contribution is 0.317. The van der Waals surface area contributed by atoms with Crippen LogP contribution in [-0.4, -0.2) is 16.7 Å². The molecule has 1 fully saturated rings. The number of ether oxygens (including phenoxy) is 1. The van der Waals surface area contributed by atoms with E-state index in [1.807, 2.05) is 4.57 Å². The molecule has 1 aliphatic carbocycles. The standard InChI is InChI=1S/C14H18FN3O/c1-14(2,8-4-5-8)18-11-7-12(19-3)9(15)6-10(11)17-13(18)16/h6-8H,4-5H2,1-3H3,(H2,16,17). The molecule has 102 valence electrons. The first kappa shape index (κ1) is 12.3. The Bertz CT molecular complexity index is 644. The van der Waals surface area contributed by atoms with Crippen molar-refractivity contribution in [1.82, 2.24) is 9.55 Å². The molecule has 1 aromatic heterocycles. The minimum atomic E-state index is -0.413. The van der Waals surface area contributed by atoms with Gasteiger partial charge >= 0.3 is 0 Å². The molecule has 0 radical (unpaired) electrons. The minimum Gasteiger partial charge on any atom is -0.494 e. The molecule has 2 N–H and O–H groups in total. The van der Waals surface area contributed by atoms with Crippen molar-refractivity contribution in [2.45, 2.75) is 32.2 Å². The fraction of sp³-hybridized carbons (Fsp3) is 0.500. The number of nitrogens with two attached hydrogens (primary N) is 1. The Balaban J connectivity index is 2.26. The van der Waals surface area contributed by atoms with Gasteiger partial charge in [-0.3, -0.25) is 0 Å². The number of halogens is 1. The largest absolute Gasteiger partial charge is 0.494 e. The summed E-state index contributed by atoms with van der Waals surface area (Å²) >= 11 is 0. The normalized spacial score (nSPS) is 16.0. The predicted octanol–water partition coefficient (Wildman–Crippen LogP) is 2.91. The monoisotopic (exact) mass is 263 g/mol. The fourth-order valence-corrected chi connectivity index (χ4v) is 2.83. The molecular formula is C14H18FN3O. The van der Waals surface area contributed by atoms with Gasteiger partial charge in [0.1, 0.15) is 0 Å². The molecular weight excluding hydrogens is 245 g/mol. The summed E-state index contributed by atoms with van der Waals surface area (Å²) in [7, 11) is 1.46. The van der Waals surface area contributed by atoms with Crippen molar-refractivity contribution in [2.24, 2.45) is 5.92 Å². The van der Waals surface area contributed by atoms with Crippen LogP contribution in [0.3, 0.4) is 0 Å².